The summed E-state index contributed by atoms with van der Waals surface area (Å²) in [6, 6.07) is 9.91. The Morgan fingerprint density at radius 3 is 2.55 bits per heavy atom. The highest BCUT2D eigenvalue weighted by atomic mass is 16.3. The minimum atomic E-state index is -0.677. The molecule has 0 saturated heterocycles. The number of nitrogens with one attached hydrogen (secondary N) is 1. The normalized spacial score (nSPS) is 18.7. The largest absolute Gasteiger partial charge is 0.388 e. The smallest absolute Gasteiger partial charge is 0.227 e. The molecule has 0 spiro atoms. The number of benzene rings is 1. The van der Waals surface area contributed by atoms with Crippen LogP contribution in [0.15, 0.2) is 30.3 Å². The summed E-state index contributed by atoms with van der Waals surface area (Å²) in [7, 11) is 0. The molecular formula is C17H25NO2. The Hall–Kier alpha value is -1.35. The molecule has 2 N–H and O–H groups in total. The fourth-order valence-corrected chi connectivity index (χ4v) is 3.01. The van der Waals surface area contributed by atoms with E-state index in [-0.39, 0.29) is 11.8 Å². The molecule has 3 heteroatoms. The molecule has 1 unspecified atom stereocenters. The fourth-order valence-electron chi connectivity index (χ4n) is 3.01. The Morgan fingerprint density at radius 2 is 1.95 bits per heavy atom. The Labute approximate surface area is 121 Å². The van der Waals surface area contributed by atoms with Crippen molar-refractivity contribution in [3.05, 3.63) is 35.9 Å². The van der Waals surface area contributed by atoms with Crippen LogP contribution in [0.3, 0.4) is 0 Å². The molecule has 20 heavy (non-hydrogen) atoms. The number of hydrogen-bond acceptors (Lipinski definition) is 2. The molecule has 0 radical (unpaired) electrons. The summed E-state index contributed by atoms with van der Waals surface area (Å²) in [5.74, 6) is -0.0652. The zero-order valence-corrected chi connectivity index (χ0v) is 12.3. The van der Waals surface area contributed by atoms with Gasteiger partial charge in [0, 0.05) is 6.54 Å². The molecule has 1 aromatic rings. The zero-order valence-electron chi connectivity index (χ0n) is 12.3. The maximum absolute atomic E-state index is 12.4. The van der Waals surface area contributed by atoms with Gasteiger partial charge in [-0.1, -0.05) is 56.5 Å². The van der Waals surface area contributed by atoms with Gasteiger partial charge in [-0.2, -0.15) is 0 Å². The molecule has 1 fully saturated rings. The maximum atomic E-state index is 12.4. The van der Waals surface area contributed by atoms with Crippen molar-refractivity contribution in [3.8, 4) is 0 Å². The molecule has 1 atom stereocenters. The first-order chi connectivity index (χ1) is 9.64. The van der Waals surface area contributed by atoms with Crippen LogP contribution in [0.1, 0.15) is 56.9 Å². The first-order valence-electron chi connectivity index (χ1n) is 7.70. The number of rotatable bonds is 6. The van der Waals surface area contributed by atoms with E-state index in [1.165, 1.54) is 0 Å². The van der Waals surface area contributed by atoms with E-state index in [1.54, 1.807) is 0 Å². The van der Waals surface area contributed by atoms with Gasteiger partial charge in [-0.3, -0.25) is 4.79 Å². The molecule has 1 aliphatic carbocycles. The number of aliphatic hydroxyl groups is 1. The van der Waals surface area contributed by atoms with Gasteiger partial charge in [0.05, 0.1) is 11.5 Å². The molecule has 0 aliphatic heterocycles. The second-order valence-corrected chi connectivity index (χ2v) is 5.90. The molecule has 1 amide bonds. The molecule has 1 aromatic carbocycles. The molecule has 110 valence electrons. The average Bonchev–Trinajstić information content (AvgIpc) is 2.90. The van der Waals surface area contributed by atoms with Crippen molar-refractivity contribution >= 4 is 5.91 Å². The summed E-state index contributed by atoms with van der Waals surface area (Å²) in [6.45, 7) is 2.48. The Kier molecular flexibility index (Phi) is 5.18. The van der Waals surface area contributed by atoms with E-state index < -0.39 is 5.60 Å². The van der Waals surface area contributed by atoms with Crippen molar-refractivity contribution in [2.24, 2.45) is 0 Å². The van der Waals surface area contributed by atoms with Crippen LogP contribution in [-0.4, -0.2) is 23.2 Å². The third kappa shape index (κ3) is 3.83. The summed E-state index contributed by atoms with van der Waals surface area (Å²) < 4.78 is 0. The first-order valence-corrected chi connectivity index (χ1v) is 7.70. The third-order valence-corrected chi connectivity index (χ3v) is 4.22. The van der Waals surface area contributed by atoms with Crippen molar-refractivity contribution in [2.45, 2.75) is 57.0 Å². The second-order valence-electron chi connectivity index (χ2n) is 5.90. The zero-order chi connectivity index (χ0) is 14.4. The van der Waals surface area contributed by atoms with Crippen LogP contribution in [0, 0.1) is 0 Å². The van der Waals surface area contributed by atoms with E-state index >= 15 is 0 Å². The predicted molar refractivity (Wildman–Crippen MR) is 80.5 cm³/mol. The van der Waals surface area contributed by atoms with E-state index in [1.807, 2.05) is 30.3 Å². The monoisotopic (exact) mass is 275 g/mol. The highest BCUT2D eigenvalue weighted by molar-refractivity contribution is 5.83. The standard InChI is InChI=1S/C17H25NO2/c1-2-8-15(14-9-4-3-5-10-14)16(19)18-13-17(20)11-6-7-12-17/h3-5,9-10,15,20H,2,6-8,11-13H2,1H3,(H,18,19). The van der Waals surface area contributed by atoms with Gasteiger partial charge in [0.25, 0.3) is 0 Å². The molecule has 3 nitrogen and oxygen atoms in total. The molecule has 1 saturated carbocycles. The van der Waals surface area contributed by atoms with Crippen molar-refractivity contribution in [3.63, 3.8) is 0 Å². The Balaban J connectivity index is 1.97. The van der Waals surface area contributed by atoms with E-state index in [0.29, 0.717) is 6.54 Å². The minimum absolute atomic E-state index is 0.0402. The van der Waals surface area contributed by atoms with Crippen LogP contribution < -0.4 is 5.32 Å². The van der Waals surface area contributed by atoms with Crippen LogP contribution in [0.2, 0.25) is 0 Å². The summed E-state index contributed by atoms with van der Waals surface area (Å²) in [5, 5.41) is 13.3. The van der Waals surface area contributed by atoms with Crippen LogP contribution >= 0.6 is 0 Å². The van der Waals surface area contributed by atoms with Crippen molar-refractivity contribution in [1.29, 1.82) is 0 Å². The van der Waals surface area contributed by atoms with Crippen molar-refractivity contribution in [2.75, 3.05) is 6.54 Å². The lowest BCUT2D eigenvalue weighted by Gasteiger charge is -2.24. The highest BCUT2D eigenvalue weighted by Gasteiger charge is 2.32. The summed E-state index contributed by atoms with van der Waals surface area (Å²) in [4.78, 5) is 12.4. The number of carbonyl (C=O) groups is 1. The minimum Gasteiger partial charge on any atom is -0.388 e. The van der Waals surface area contributed by atoms with Gasteiger partial charge in [0.1, 0.15) is 0 Å². The lowest BCUT2D eigenvalue weighted by Crippen LogP contribution is -2.42. The van der Waals surface area contributed by atoms with Gasteiger partial charge >= 0.3 is 0 Å². The van der Waals surface area contributed by atoms with E-state index in [9.17, 15) is 9.90 Å². The van der Waals surface area contributed by atoms with Gasteiger partial charge in [-0.05, 0) is 24.8 Å². The quantitative estimate of drug-likeness (QED) is 0.838. The van der Waals surface area contributed by atoms with E-state index in [4.69, 9.17) is 0 Å². The third-order valence-electron chi connectivity index (χ3n) is 4.22. The summed E-state index contributed by atoms with van der Waals surface area (Å²) in [6.07, 6.45) is 5.53. The van der Waals surface area contributed by atoms with Gasteiger partial charge in [0.15, 0.2) is 0 Å². The lowest BCUT2D eigenvalue weighted by molar-refractivity contribution is -0.124. The average molecular weight is 275 g/mol. The highest BCUT2D eigenvalue weighted by Crippen LogP contribution is 2.29. The Morgan fingerprint density at radius 1 is 1.30 bits per heavy atom. The summed E-state index contributed by atoms with van der Waals surface area (Å²) in [5.41, 5.74) is 0.383. The first kappa shape index (κ1) is 15.0. The maximum Gasteiger partial charge on any atom is 0.227 e. The molecular weight excluding hydrogens is 250 g/mol. The van der Waals surface area contributed by atoms with Gasteiger partial charge < -0.3 is 10.4 Å². The van der Waals surface area contributed by atoms with Gasteiger partial charge in [-0.15, -0.1) is 0 Å². The van der Waals surface area contributed by atoms with Gasteiger partial charge in [0.2, 0.25) is 5.91 Å². The van der Waals surface area contributed by atoms with Crippen molar-refractivity contribution < 1.29 is 9.90 Å². The van der Waals surface area contributed by atoms with Crippen LogP contribution in [0.4, 0.5) is 0 Å². The van der Waals surface area contributed by atoms with Crippen LogP contribution in [-0.2, 0) is 4.79 Å². The van der Waals surface area contributed by atoms with Crippen molar-refractivity contribution in [1.82, 2.24) is 5.32 Å². The SMILES string of the molecule is CCCC(C(=O)NCC1(O)CCCC1)c1ccccc1. The van der Waals surface area contributed by atoms with Crippen LogP contribution in [0.5, 0.6) is 0 Å². The molecule has 1 aliphatic rings. The fraction of sp³-hybridized carbons (Fsp3) is 0.588. The molecule has 2 rings (SSSR count). The number of hydrogen-bond donors (Lipinski definition) is 2. The van der Waals surface area contributed by atoms with Crippen LogP contribution in [0.25, 0.3) is 0 Å². The Bertz CT molecular complexity index is 424. The number of amides is 1. The second kappa shape index (κ2) is 6.89. The molecule has 0 aromatic heterocycles. The lowest BCUT2D eigenvalue weighted by atomic mass is 9.93. The summed E-state index contributed by atoms with van der Waals surface area (Å²) >= 11 is 0. The topological polar surface area (TPSA) is 49.3 Å². The van der Waals surface area contributed by atoms with Gasteiger partial charge in [-0.25, -0.2) is 0 Å². The molecule has 0 bridgehead atoms. The van der Waals surface area contributed by atoms with E-state index in [0.717, 1.165) is 44.1 Å². The number of carbonyl (C=O) groups excluding carboxylic acids is 1. The predicted octanol–water partition coefficient (Wildman–Crippen LogP) is 2.99. The molecule has 0 heterocycles. The van der Waals surface area contributed by atoms with E-state index in [2.05, 4.69) is 12.2 Å².